The fourth-order valence-electron chi connectivity index (χ4n) is 2.70. The number of sulfonamides is 1. The Kier molecular flexibility index (Phi) is 4.95. The van der Waals surface area contributed by atoms with Crippen LogP contribution in [0, 0.1) is 13.8 Å². The minimum atomic E-state index is -3.68. The van der Waals surface area contributed by atoms with Gasteiger partial charge in [-0.15, -0.1) is 0 Å². The molecule has 26 heavy (non-hydrogen) atoms. The fourth-order valence-corrected chi connectivity index (χ4v) is 3.70. The molecule has 0 unspecified atom stereocenters. The lowest BCUT2D eigenvalue weighted by molar-refractivity contribution is 0.414. The summed E-state index contributed by atoms with van der Waals surface area (Å²) in [6.07, 6.45) is 0. The second kappa shape index (κ2) is 7.17. The zero-order valence-electron chi connectivity index (χ0n) is 14.9. The molecule has 0 bridgehead atoms. The summed E-state index contributed by atoms with van der Waals surface area (Å²) in [6, 6.07) is 17.8. The minimum Gasteiger partial charge on any atom is -0.497 e. The topological polar surface area (TPSA) is 68.3 Å². The summed E-state index contributed by atoms with van der Waals surface area (Å²) < 4.78 is 32.8. The van der Waals surface area contributed by atoms with Crippen molar-refractivity contribution in [1.29, 1.82) is 0 Å². The lowest BCUT2D eigenvalue weighted by atomic mass is 10.0. The van der Waals surface area contributed by atoms with Crippen molar-refractivity contribution in [3.63, 3.8) is 0 Å². The summed E-state index contributed by atoms with van der Waals surface area (Å²) in [5, 5.41) is 0. The molecule has 0 saturated heterocycles. The smallest absolute Gasteiger partial charge is 0.263 e. The molecule has 2 aromatic carbocycles. The molecule has 0 radical (unpaired) electrons. The quantitative estimate of drug-likeness (QED) is 0.734. The largest absolute Gasteiger partial charge is 0.497 e. The number of aryl methyl sites for hydroxylation is 2. The van der Waals surface area contributed by atoms with E-state index in [1.807, 2.05) is 38.1 Å². The summed E-state index contributed by atoms with van der Waals surface area (Å²) in [4.78, 5) is 4.37. The molecule has 0 fully saturated rings. The number of ether oxygens (including phenoxy) is 1. The van der Waals surface area contributed by atoms with Crippen LogP contribution in [0.4, 0.5) is 5.82 Å². The van der Waals surface area contributed by atoms with E-state index in [1.54, 1.807) is 43.5 Å². The van der Waals surface area contributed by atoms with Gasteiger partial charge < -0.3 is 4.74 Å². The van der Waals surface area contributed by atoms with Gasteiger partial charge in [-0.25, -0.2) is 13.4 Å². The van der Waals surface area contributed by atoms with Crippen LogP contribution in [0.2, 0.25) is 0 Å². The first-order chi connectivity index (χ1) is 12.4. The van der Waals surface area contributed by atoms with E-state index in [0.717, 1.165) is 28.1 Å². The van der Waals surface area contributed by atoms with Gasteiger partial charge in [0.2, 0.25) is 0 Å². The third-order valence-electron chi connectivity index (χ3n) is 4.04. The number of pyridine rings is 1. The van der Waals surface area contributed by atoms with Gasteiger partial charge in [0, 0.05) is 5.69 Å². The highest BCUT2D eigenvalue weighted by Crippen LogP contribution is 2.28. The number of hydrogen-bond acceptors (Lipinski definition) is 4. The minimum absolute atomic E-state index is 0.190. The van der Waals surface area contributed by atoms with Gasteiger partial charge in [0.25, 0.3) is 10.0 Å². The van der Waals surface area contributed by atoms with Crippen molar-refractivity contribution >= 4 is 15.8 Å². The van der Waals surface area contributed by atoms with Gasteiger partial charge in [-0.1, -0.05) is 24.3 Å². The summed E-state index contributed by atoms with van der Waals surface area (Å²) >= 11 is 0. The standard InChI is InChI=1S/C20H20N2O3S/c1-14-13-17(25-3)9-12-19(14)16-7-10-18(11-8-16)26(23,24)22-20-6-4-5-15(2)21-20/h4-13H,1-3H3,(H,21,22). The first-order valence-corrected chi connectivity index (χ1v) is 9.59. The maximum atomic E-state index is 12.5. The summed E-state index contributed by atoms with van der Waals surface area (Å²) in [5.41, 5.74) is 3.78. The van der Waals surface area contributed by atoms with E-state index in [2.05, 4.69) is 9.71 Å². The van der Waals surface area contributed by atoms with Crippen molar-refractivity contribution in [2.45, 2.75) is 18.7 Å². The van der Waals surface area contributed by atoms with Crippen LogP contribution in [-0.4, -0.2) is 20.5 Å². The van der Waals surface area contributed by atoms with Crippen molar-refractivity contribution in [2.24, 2.45) is 0 Å². The molecular weight excluding hydrogens is 348 g/mol. The van der Waals surface area contributed by atoms with Gasteiger partial charge in [0.15, 0.2) is 0 Å². The Morgan fingerprint density at radius 1 is 0.962 bits per heavy atom. The number of nitrogens with zero attached hydrogens (tertiary/aromatic N) is 1. The predicted octanol–water partition coefficient (Wildman–Crippen LogP) is 4.17. The molecule has 1 N–H and O–H groups in total. The third-order valence-corrected chi connectivity index (χ3v) is 5.41. The lowest BCUT2D eigenvalue weighted by Crippen LogP contribution is -2.14. The van der Waals surface area contributed by atoms with Gasteiger partial charge in [0.05, 0.1) is 12.0 Å². The van der Waals surface area contributed by atoms with Crippen LogP contribution in [0.15, 0.2) is 65.6 Å². The van der Waals surface area contributed by atoms with Crippen LogP contribution in [0.25, 0.3) is 11.1 Å². The second-order valence-corrected chi connectivity index (χ2v) is 7.66. The molecule has 5 nitrogen and oxygen atoms in total. The normalized spacial score (nSPS) is 11.2. The Labute approximate surface area is 153 Å². The molecule has 0 aliphatic rings. The number of hydrogen-bond donors (Lipinski definition) is 1. The molecule has 6 heteroatoms. The number of methoxy groups -OCH3 is 1. The second-order valence-electron chi connectivity index (χ2n) is 5.97. The summed E-state index contributed by atoms with van der Waals surface area (Å²) in [6.45, 7) is 3.80. The zero-order chi connectivity index (χ0) is 18.7. The van der Waals surface area contributed by atoms with E-state index in [0.29, 0.717) is 5.82 Å². The number of nitrogens with one attached hydrogen (secondary N) is 1. The van der Waals surface area contributed by atoms with E-state index < -0.39 is 10.0 Å². The van der Waals surface area contributed by atoms with Crippen molar-refractivity contribution < 1.29 is 13.2 Å². The maximum Gasteiger partial charge on any atom is 0.263 e. The zero-order valence-corrected chi connectivity index (χ0v) is 15.7. The van der Waals surface area contributed by atoms with Crippen LogP contribution >= 0.6 is 0 Å². The monoisotopic (exact) mass is 368 g/mol. The van der Waals surface area contributed by atoms with E-state index in [9.17, 15) is 8.42 Å². The molecule has 0 amide bonds. The molecule has 3 aromatic rings. The highest BCUT2D eigenvalue weighted by Gasteiger charge is 2.15. The Morgan fingerprint density at radius 2 is 1.69 bits per heavy atom. The Hall–Kier alpha value is -2.86. The molecule has 0 aliphatic heterocycles. The third kappa shape index (κ3) is 3.86. The van der Waals surface area contributed by atoms with E-state index in [1.165, 1.54) is 0 Å². The highest BCUT2D eigenvalue weighted by molar-refractivity contribution is 7.92. The lowest BCUT2D eigenvalue weighted by Gasteiger charge is -2.11. The fraction of sp³-hybridized carbons (Fsp3) is 0.150. The molecule has 0 spiro atoms. The summed E-state index contributed by atoms with van der Waals surface area (Å²) in [7, 11) is -2.05. The van der Waals surface area contributed by atoms with Crippen LogP contribution in [0.5, 0.6) is 5.75 Å². The van der Waals surface area contributed by atoms with Crippen molar-refractivity contribution in [3.05, 3.63) is 71.9 Å². The number of benzene rings is 2. The molecule has 0 aliphatic carbocycles. The van der Waals surface area contributed by atoms with Crippen LogP contribution in [0.3, 0.4) is 0 Å². The molecule has 134 valence electrons. The predicted molar refractivity (Wildman–Crippen MR) is 103 cm³/mol. The molecule has 3 rings (SSSR count). The van der Waals surface area contributed by atoms with Crippen molar-refractivity contribution in [3.8, 4) is 16.9 Å². The molecular formula is C20H20N2O3S. The van der Waals surface area contributed by atoms with Crippen molar-refractivity contribution in [2.75, 3.05) is 11.8 Å². The van der Waals surface area contributed by atoms with Crippen LogP contribution < -0.4 is 9.46 Å². The molecule has 1 heterocycles. The van der Waals surface area contributed by atoms with E-state index in [4.69, 9.17) is 4.74 Å². The van der Waals surface area contributed by atoms with Gasteiger partial charge in [-0.3, -0.25) is 4.72 Å². The average Bonchev–Trinajstić information content (AvgIpc) is 2.61. The molecule has 0 saturated carbocycles. The van der Waals surface area contributed by atoms with Crippen molar-refractivity contribution in [1.82, 2.24) is 4.98 Å². The number of aromatic nitrogens is 1. The number of rotatable bonds is 5. The first kappa shape index (κ1) is 17.9. The Morgan fingerprint density at radius 3 is 2.31 bits per heavy atom. The SMILES string of the molecule is COc1ccc(-c2ccc(S(=O)(=O)Nc3cccc(C)n3)cc2)c(C)c1. The van der Waals surface area contributed by atoms with Gasteiger partial charge >= 0.3 is 0 Å². The molecule has 0 atom stereocenters. The van der Waals surface area contributed by atoms with E-state index in [-0.39, 0.29) is 4.90 Å². The van der Waals surface area contributed by atoms with Crippen LogP contribution in [-0.2, 0) is 10.0 Å². The van der Waals surface area contributed by atoms with E-state index >= 15 is 0 Å². The number of anilines is 1. The molecule has 1 aromatic heterocycles. The van der Waals surface area contributed by atoms with Crippen LogP contribution in [0.1, 0.15) is 11.3 Å². The van der Waals surface area contributed by atoms with Gasteiger partial charge in [0.1, 0.15) is 11.6 Å². The Balaban J connectivity index is 1.87. The van der Waals surface area contributed by atoms with Gasteiger partial charge in [-0.05, 0) is 66.9 Å². The summed E-state index contributed by atoms with van der Waals surface area (Å²) in [5.74, 6) is 1.10. The Bertz CT molecular complexity index is 1030. The van der Waals surface area contributed by atoms with Gasteiger partial charge in [-0.2, -0.15) is 0 Å². The highest BCUT2D eigenvalue weighted by atomic mass is 32.2. The first-order valence-electron chi connectivity index (χ1n) is 8.10. The average molecular weight is 368 g/mol. The maximum absolute atomic E-state index is 12.5.